The van der Waals surface area contributed by atoms with E-state index in [1.807, 2.05) is 0 Å². The monoisotopic (exact) mass is 322 g/mol. The highest BCUT2D eigenvalue weighted by Crippen LogP contribution is 2.22. The number of rotatable bonds is 4. The van der Waals surface area contributed by atoms with Gasteiger partial charge in [-0.1, -0.05) is 22.8 Å². The minimum absolute atomic E-state index is 0.0630. The predicted octanol–water partition coefficient (Wildman–Crippen LogP) is 3.13. The van der Waals surface area contributed by atoms with Crippen LogP contribution in [0.5, 0.6) is 0 Å². The molecule has 9 heteroatoms. The fraction of sp³-hybridized carbons (Fsp3) is 0.250. The molecule has 112 valence electrons. The molecule has 21 heavy (non-hydrogen) atoms. The number of hydrogen-bond donors (Lipinski definition) is 0. The van der Waals surface area contributed by atoms with Crippen molar-refractivity contribution in [1.29, 1.82) is 0 Å². The zero-order chi connectivity index (χ0) is 15.6. The van der Waals surface area contributed by atoms with Crippen LogP contribution in [-0.4, -0.2) is 22.1 Å². The SMILES string of the molecule is O=C(Cc1nc(Cc2c(F)cccc2Cl)no1)C(F)(F)F. The van der Waals surface area contributed by atoms with Crippen molar-refractivity contribution in [3.8, 4) is 0 Å². The van der Waals surface area contributed by atoms with Gasteiger partial charge in [-0.25, -0.2) is 4.39 Å². The summed E-state index contributed by atoms with van der Waals surface area (Å²) in [4.78, 5) is 14.4. The Morgan fingerprint density at radius 1 is 1.33 bits per heavy atom. The Bertz CT molecular complexity index is 649. The fourth-order valence-electron chi connectivity index (χ4n) is 1.53. The Morgan fingerprint density at radius 3 is 2.67 bits per heavy atom. The first-order chi connectivity index (χ1) is 9.77. The van der Waals surface area contributed by atoms with Crippen molar-refractivity contribution in [2.45, 2.75) is 19.0 Å². The molecule has 0 aliphatic rings. The molecule has 1 aromatic carbocycles. The first kappa shape index (κ1) is 15.4. The molecule has 2 rings (SSSR count). The second kappa shape index (κ2) is 5.80. The predicted molar refractivity (Wildman–Crippen MR) is 63.3 cm³/mol. The van der Waals surface area contributed by atoms with Gasteiger partial charge in [-0.3, -0.25) is 4.79 Å². The van der Waals surface area contributed by atoms with Crippen LogP contribution in [0.15, 0.2) is 22.7 Å². The van der Waals surface area contributed by atoms with Crippen LogP contribution in [0.25, 0.3) is 0 Å². The molecule has 0 amide bonds. The number of Topliss-reactive ketones (excluding diaryl/α,β-unsaturated/α-hetero) is 1. The zero-order valence-electron chi connectivity index (χ0n) is 10.2. The minimum Gasteiger partial charge on any atom is -0.339 e. The van der Waals surface area contributed by atoms with Gasteiger partial charge in [0.05, 0.1) is 6.42 Å². The quantitative estimate of drug-likeness (QED) is 0.812. The van der Waals surface area contributed by atoms with Crippen LogP contribution in [0.3, 0.4) is 0 Å². The van der Waals surface area contributed by atoms with E-state index < -0.39 is 30.1 Å². The van der Waals surface area contributed by atoms with Crippen LogP contribution >= 0.6 is 11.6 Å². The number of benzene rings is 1. The van der Waals surface area contributed by atoms with Gasteiger partial charge in [0.15, 0.2) is 5.82 Å². The summed E-state index contributed by atoms with van der Waals surface area (Å²) in [6.07, 6.45) is -6.18. The van der Waals surface area contributed by atoms with Crippen LogP contribution in [0, 0.1) is 5.82 Å². The van der Waals surface area contributed by atoms with Crippen molar-refractivity contribution in [2.24, 2.45) is 0 Å². The van der Waals surface area contributed by atoms with Gasteiger partial charge in [0.1, 0.15) is 5.82 Å². The molecule has 1 heterocycles. The molecular weight excluding hydrogens is 316 g/mol. The normalized spacial score (nSPS) is 11.7. The molecule has 1 aromatic heterocycles. The average Bonchev–Trinajstić information content (AvgIpc) is 2.80. The largest absolute Gasteiger partial charge is 0.450 e. The second-order valence-corrected chi connectivity index (χ2v) is 4.49. The van der Waals surface area contributed by atoms with Gasteiger partial charge in [-0.2, -0.15) is 18.2 Å². The molecule has 0 atom stereocenters. The number of carbonyl (C=O) groups excluding carboxylic acids is 1. The summed E-state index contributed by atoms with van der Waals surface area (Å²) in [6.45, 7) is 0. The molecule has 0 radical (unpaired) electrons. The smallest absolute Gasteiger partial charge is 0.339 e. The highest BCUT2D eigenvalue weighted by atomic mass is 35.5. The molecule has 0 fully saturated rings. The van der Waals surface area contributed by atoms with E-state index in [1.165, 1.54) is 18.2 Å². The summed E-state index contributed by atoms with van der Waals surface area (Å²) >= 11 is 5.80. The van der Waals surface area contributed by atoms with Gasteiger partial charge in [0.2, 0.25) is 11.7 Å². The van der Waals surface area contributed by atoms with Crippen LogP contribution < -0.4 is 0 Å². The van der Waals surface area contributed by atoms with E-state index in [-0.39, 0.29) is 22.8 Å². The Morgan fingerprint density at radius 2 is 2.05 bits per heavy atom. The molecule has 2 aromatic rings. The molecule has 0 saturated heterocycles. The van der Waals surface area contributed by atoms with E-state index in [9.17, 15) is 22.4 Å². The van der Waals surface area contributed by atoms with Gasteiger partial charge in [-0.15, -0.1) is 0 Å². The summed E-state index contributed by atoms with van der Waals surface area (Å²) in [6, 6.07) is 4.04. The van der Waals surface area contributed by atoms with E-state index in [4.69, 9.17) is 11.6 Å². The van der Waals surface area contributed by atoms with Crippen molar-refractivity contribution in [1.82, 2.24) is 10.1 Å². The standard InChI is InChI=1S/C12H7ClF4N2O2/c13-7-2-1-3-8(14)6(7)4-10-18-11(21-19-10)5-9(20)12(15,16)17/h1-3H,4-5H2. The number of ketones is 1. The third-order valence-corrected chi connectivity index (χ3v) is 2.89. The van der Waals surface area contributed by atoms with Crippen molar-refractivity contribution in [2.75, 3.05) is 0 Å². The Hall–Kier alpha value is -1.96. The van der Waals surface area contributed by atoms with Crippen molar-refractivity contribution in [3.63, 3.8) is 0 Å². The van der Waals surface area contributed by atoms with Crippen molar-refractivity contribution >= 4 is 17.4 Å². The van der Waals surface area contributed by atoms with E-state index in [0.29, 0.717) is 0 Å². The lowest BCUT2D eigenvalue weighted by Crippen LogP contribution is -2.24. The molecule has 4 nitrogen and oxygen atoms in total. The number of halogens is 5. The van der Waals surface area contributed by atoms with Crippen LogP contribution in [-0.2, 0) is 17.6 Å². The van der Waals surface area contributed by atoms with E-state index >= 15 is 0 Å². The van der Waals surface area contributed by atoms with Gasteiger partial charge < -0.3 is 4.52 Å². The van der Waals surface area contributed by atoms with Gasteiger partial charge in [0, 0.05) is 17.0 Å². The number of carbonyl (C=O) groups is 1. The number of hydrogen-bond acceptors (Lipinski definition) is 4. The average molecular weight is 323 g/mol. The summed E-state index contributed by atoms with van der Waals surface area (Å²) in [7, 11) is 0. The number of nitrogens with zero attached hydrogens (tertiary/aromatic N) is 2. The maximum Gasteiger partial charge on any atom is 0.450 e. The lowest BCUT2D eigenvalue weighted by molar-refractivity contribution is -0.170. The molecule has 0 N–H and O–H groups in total. The van der Waals surface area contributed by atoms with E-state index in [2.05, 4.69) is 14.7 Å². The minimum atomic E-state index is -4.97. The zero-order valence-corrected chi connectivity index (χ0v) is 11.0. The first-order valence-electron chi connectivity index (χ1n) is 5.61. The topological polar surface area (TPSA) is 56.0 Å². The van der Waals surface area contributed by atoms with Crippen LogP contribution in [0.2, 0.25) is 5.02 Å². The second-order valence-electron chi connectivity index (χ2n) is 4.08. The lowest BCUT2D eigenvalue weighted by Gasteiger charge is -2.02. The number of aromatic nitrogens is 2. The Balaban J connectivity index is 2.12. The fourth-order valence-corrected chi connectivity index (χ4v) is 1.76. The van der Waals surface area contributed by atoms with Gasteiger partial charge in [0.25, 0.3) is 0 Å². The molecule has 0 aliphatic heterocycles. The maximum absolute atomic E-state index is 13.5. The third kappa shape index (κ3) is 3.78. The Kier molecular flexibility index (Phi) is 4.26. The molecule has 0 saturated carbocycles. The van der Waals surface area contributed by atoms with Crippen molar-refractivity contribution < 1.29 is 26.9 Å². The molecule has 0 aliphatic carbocycles. The van der Waals surface area contributed by atoms with Crippen LogP contribution in [0.4, 0.5) is 17.6 Å². The summed E-state index contributed by atoms with van der Waals surface area (Å²) < 4.78 is 54.3. The molecule has 0 unspecified atom stereocenters. The van der Waals surface area contributed by atoms with Crippen molar-refractivity contribution in [3.05, 3.63) is 46.3 Å². The molecular formula is C12H7ClF4N2O2. The summed E-state index contributed by atoms with van der Waals surface area (Å²) in [5.41, 5.74) is 0.0914. The maximum atomic E-state index is 13.5. The van der Waals surface area contributed by atoms with E-state index in [1.54, 1.807) is 0 Å². The highest BCUT2D eigenvalue weighted by molar-refractivity contribution is 6.31. The Labute approximate surface area is 120 Å². The lowest BCUT2D eigenvalue weighted by atomic mass is 10.1. The number of alkyl halides is 3. The first-order valence-corrected chi connectivity index (χ1v) is 5.99. The van der Waals surface area contributed by atoms with Crippen LogP contribution in [0.1, 0.15) is 17.3 Å². The van der Waals surface area contributed by atoms with Gasteiger partial charge >= 0.3 is 6.18 Å². The summed E-state index contributed by atoms with van der Waals surface area (Å²) in [5, 5.41) is 3.53. The molecule has 0 bridgehead atoms. The molecule has 0 spiro atoms. The highest BCUT2D eigenvalue weighted by Gasteiger charge is 2.39. The summed E-state index contributed by atoms with van der Waals surface area (Å²) in [5.74, 6) is -3.14. The van der Waals surface area contributed by atoms with E-state index in [0.717, 1.165) is 0 Å². The third-order valence-electron chi connectivity index (χ3n) is 2.53. The van der Waals surface area contributed by atoms with Gasteiger partial charge in [-0.05, 0) is 12.1 Å².